The standard InChI is InChI=1S/C15H20N2O2/c1-3-10-17-14(16-11-15(17)18)9-6-12-4-7-13(19-2)8-5-12/h4-5,7-8H,3,6,9-11H2,1-2H3. The van der Waals surface area contributed by atoms with E-state index in [4.69, 9.17) is 4.74 Å². The van der Waals surface area contributed by atoms with Gasteiger partial charge in [0, 0.05) is 13.0 Å². The highest BCUT2D eigenvalue weighted by Gasteiger charge is 2.23. The molecular weight excluding hydrogens is 240 g/mol. The van der Waals surface area contributed by atoms with Gasteiger partial charge in [0.05, 0.1) is 7.11 Å². The second-order valence-electron chi connectivity index (χ2n) is 4.63. The molecule has 0 spiro atoms. The highest BCUT2D eigenvalue weighted by Crippen LogP contribution is 2.15. The monoisotopic (exact) mass is 260 g/mol. The number of aliphatic imine (C=N–C) groups is 1. The Balaban J connectivity index is 1.92. The number of ether oxygens (including phenoxy) is 1. The second kappa shape index (κ2) is 6.36. The fourth-order valence-corrected chi connectivity index (χ4v) is 2.21. The van der Waals surface area contributed by atoms with Crippen LogP contribution in [0.15, 0.2) is 29.3 Å². The third-order valence-electron chi connectivity index (χ3n) is 3.25. The topological polar surface area (TPSA) is 41.9 Å². The molecule has 0 radical (unpaired) electrons. The molecular formula is C15H20N2O2. The highest BCUT2D eigenvalue weighted by molar-refractivity contribution is 6.04. The van der Waals surface area contributed by atoms with Crippen molar-refractivity contribution in [3.05, 3.63) is 29.8 Å². The summed E-state index contributed by atoms with van der Waals surface area (Å²) in [5, 5.41) is 0. The Morgan fingerprint density at radius 1 is 1.26 bits per heavy atom. The lowest BCUT2D eigenvalue weighted by molar-refractivity contribution is -0.124. The van der Waals surface area contributed by atoms with Crippen LogP contribution in [0.2, 0.25) is 0 Å². The molecule has 0 unspecified atom stereocenters. The van der Waals surface area contributed by atoms with Crippen LogP contribution in [0.5, 0.6) is 5.75 Å². The van der Waals surface area contributed by atoms with Gasteiger partial charge in [0.2, 0.25) is 5.91 Å². The minimum Gasteiger partial charge on any atom is -0.497 e. The molecule has 1 amide bonds. The molecule has 0 atom stereocenters. The third-order valence-corrected chi connectivity index (χ3v) is 3.25. The molecule has 102 valence electrons. The number of amides is 1. The predicted molar refractivity (Wildman–Crippen MR) is 75.6 cm³/mol. The summed E-state index contributed by atoms with van der Waals surface area (Å²) < 4.78 is 5.13. The van der Waals surface area contributed by atoms with Crippen LogP contribution in [0.4, 0.5) is 0 Å². The van der Waals surface area contributed by atoms with Crippen molar-refractivity contribution < 1.29 is 9.53 Å². The summed E-state index contributed by atoms with van der Waals surface area (Å²) in [6.45, 7) is 3.17. The van der Waals surface area contributed by atoms with Crippen LogP contribution >= 0.6 is 0 Å². The Labute approximate surface area is 114 Å². The van der Waals surface area contributed by atoms with Crippen molar-refractivity contribution in [3.8, 4) is 5.75 Å². The molecule has 1 aromatic rings. The van der Waals surface area contributed by atoms with E-state index in [9.17, 15) is 4.79 Å². The molecule has 1 aliphatic rings. The van der Waals surface area contributed by atoms with E-state index in [1.807, 2.05) is 17.0 Å². The van der Waals surface area contributed by atoms with Crippen LogP contribution in [0.3, 0.4) is 0 Å². The third kappa shape index (κ3) is 3.34. The van der Waals surface area contributed by atoms with Crippen molar-refractivity contribution in [2.45, 2.75) is 26.2 Å². The van der Waals surface area contributed by atoms with Gasteiger partial charge < -0.3 is 4.74 Å². The SMILES string of the molecule is CCCN1C(=O)CN=C1CCc1ccc(OC)cc1. The van der Waals surface area contributed by atoms with Crippen LogP contribution in [-0.2, 0) is 11.2 Å². The van der Waals surface area contributed by atoms with E-state index in [2.05, 4.69) is 24.0 Å². The number of hydrogen-bond acceptors (Lipinski definition) is 3. The summed E-state index contributed by atoms with van der Waals surface area (Å²) in [7, 11) is 1.66. The van der Waals surface area contributed by atoms with Gasteiger partial charge in [-0.25, -0.2) is 0 Å². The lowest BCUT2D eigenvalue weighted by atomic mass is 10.1. The van der Waals surface area contributed by atoms with Gasteiger partial charge in [-0.15, -0.1) is 0 Å². The molecule has 4 heteroatoms. The molecule has 0 N–H and O–H groups in total. The minimum atomic E-state index is 0.131. The zero-order valence-corrected chi connectivity index (χ0v) is 11.6. The van der Waals surface area contributed by atoms with Crippen molar-refractivity contribution in [2.24, 2.45) is 4.99 Å². The number of hydrogen-bond donors (Lipinski definition) is 0. The maximum atomic E-state index is 11.7. The van der Waals surface area contributed by atoms with E-state index in [-0.39, 0.29) is 5.91 Å². The van der Waals surface area contributed by atoms with Gasteiger partial charge in [0.25, 0.3) is 0 Å². The molecule has 0 bridgehead atoms. The van der Waals surface area contributed by atoms with Crippen molar-refractivity contribution in [2.75, 3.05) is 20.2 Å². The largest absolute Gasteiger partial charge is 0.497 e. The number of aryl methyl sites for hydroxylation is 1. The summed E-state index contributed by atoms with van der Waals surface area (Å²) >= 11 is 0. The molecule has 0 saturated carbocycles. The molecule has 0 aliphatic carbocycles. The van der Waals surface area contributed by atoms with E-state index in [1.54, 1.807) is 7.11 Å². The van der Waals surface area contributed by atoms with Crippen LogP contribution < -0.4 is 4.74 Å². The van der Waals surface area contributed by atoms with Gasteiger partial charge in [0.15, 0.2) is 0 Å². The van der Waals surface area contributed by atoms with E-state index in [0.29, 0.717) is 6.54 Å². The number of rotatable bonds is 6. The number of carbonyl (C=O) groups excluding carboxylic acids is 1. The van der Waals surface area contributed by atoms with Crippen LogP contribution in [0.1, 0.15) is 25.3 Å². The maximum absolute atomic E-state index is 11.7. The smallest absolute Gasteiger partial charge is 0.249 e. The molecule has 0 aromatic heterocycles. The zero-order valence-electron chi connectivity index (χ0n) is 11.6. The summed E-state index contributed by atoms with van der Waals surface area (Å²) in [6, 6.07) is 8.03. The molecule has 4 nitrogen and oxygen atoms in total. The first kappa shape index (κ1) is 13.6. The number of carbonyl (C=O) groups is 1. The van der Waals surface area contributed by atoms with Crippen LogP contribution in [0.25, 0.3) is 0 Å². The number of methoxy groups -OCH3 is 1. The molecule has 19 heavy (non-hydrogen) atoms. The number of nitrogens with zero attached hydrogens (tertiary/aromatic N) is 2. The summed E-state index contributed by atoms with van der Waals surface area (Å²) in [5.41, 5.74) is 1.24. The highest BCUT2D eigenvalue weighted by atomic mass is 16.5. The molecule has 1 aromatic carbocycles. The Bertz CT molecular complexity index is 466. The molecule has 0 saturated heterocycles. The van der Waals surface area contributed by atoms with Crippen molar-refractivity contribution in [3.63, 3.8) is 0 Å². The van der Waals surface area contributed by atoms with Gasteiger partial charge in [0.1, 0.15) is 18.1 Å². The zero-order chi connectivity index (χ0) is 13.7. The molecule has 1 aliphatic heterocycles. The first-order valence-corrected chi connectivity index (χ1v) is 6.71. The predicted octanol–water partition coefficient (Wildman–Crippen LogP) is 2.28. The molecule has 0 fully saturated rings. The van der Waals surface area contributed by atoms with Crippen LogP contribution in [-0.4, -0.2) is 36.8 Å². The van der Waals surface area contributed by atoms with Crippen molar-refractivity contribution in [1.29, 1.82) is 0 Å². The Hall–Kier alpha value is -1.84. The van der Waals surface area contributed by atoms with E-state index >= 15 is 0 Å². The van der Waals surface area contributed by atoms with Gasteiger partial charge >= 0.3 is 0 Å². The Kier molecular flexibility index (Phi) is 4.55. The van der Waals surface area contributed by atoms with Gasteiger partial charge in [-0.05, 0) is 30.5 Å². The number of benzene rings is 1. The fraction of sp³-hybridized carbons (Fsp3) is 0.467. The van der Waals surface area contributed by atoms with E-state index in [1.165, 1.54) is 5.56 Å². The average molecular weight is 260 g/mol. The number of amidine groups is 1. The summed E-state index contributed by atoms with van der Waals surface area (Å²) in [5.74, 6) is 1.93. The Morgan fingerprint density at radius 3 is 2.63 bits per heavy atom. The van der Waals surface area contributed by atoms with E-state index in [0.717, 1.165) is 37.4 Å². The van der Waals surface area contributed by atoms with Crippen LogP contribution in [0, 0.1) is 0 Å². The lowest BCUT2D eigenvalue weighted by Gasteiger charge is -2.17. The lowest BCUT2D eigenvalue weighted by Crippen LogP contribution is -2.33. The minimum absolute atomic E-state index is 0.131. The van der Waals surface area contributed by atoms with Gasteiger partial charge in [-0.3, -0.25) is 14.7 Å². The van der Waals surface area contributed by atoms with Crippen molar-refractivity contribution >= 4 is 11.7 Å². The molecule has 1 heterocycles. The quantitative estimate of drug-likeness (QED) is 0.787. The maximum Gasteiger partial charge on any atom is 0.249 e. The first-order valence-electron chi connectivity index (χ1n) is 6.71. The summed E-state index contributed by atoms with van der Waals surface area (Å²) in [4.78, 5) is 17.8. The van der Waals surface area contributed by atoms with Gasteiger partial charge in [-0.1, -0.05) is 19.1 Å². The fourth-order valence-electron chi connectivity index (χ4n) is 2.21. The Morgan fingerprint density at radius 2 is 2.00 bits per heavy atom. The summed E-state index contributed by atoms with van der Waals surface area (Å²) in [6.07, 6.45) is 2.68. The second-order valence-corrected chi connectivity index (χ2v) is 4.63. The molecule has 2 rings (SSSR count). The van der Waals surface area contributed by atoms with Crippen molar-refractivity contribution in [1.82, 2.24) is 4.90 Å². The van der Waals surface area contributed by atoms with E-state index < -0.39 is 0 Å². The normalized spacial score (nSPS) is 14.7. The van der Waals surface area contributed by atoms with Gasteiger partial charge in [-0.2, -0.15) is 0 Å². The first-order chi connectivity index (χ1) is 9.24. The average Bonchev–Trinajstić information content (AvgIpc) is 2.79.